The Kier molecular flexibility index (Phi) is 4.98. The van der Waals surface area contributed by atoms with Crippen LogP contribution in [0, 0.1) is 0 Å². The van der Waals surface area contributed by atoms with Crippen molar-refractivity contribution < 1.29 is 9.90 Å². The Bertz CT molecular complexity index is 447. The Morgan fingerprint density at radius 1 is 1.50 bits per heavy atom. The quantitative estimate of drug-likeness (QED) is 0.743. The van der Waals surface area contributed by atoms with Gasteiger partial charge in [-0.15, -0.1) is 0 Å². The van der Waals surface area contributed by atoms with E-state index in [4.69, 9.17) is 0 Å². The van der Waals surface area contributed by atoms with Crippen LogP contribution in [-0.4, -0.2) is 54.7 Å². The fourth-order valence-electron chi connectivity index (χ4n) is 2.75. The van der Waals surface area contributed by atoms with E-state index in [1.165, 1.54) is 5.56 Å². The highest BCUT2D eigenvalue weighted by atomic mass is 16.3. The summed E-state index contributed by atoms with van der Waals surface area (Å²) in [7, 11) is 1.68. The minimum atomic E-state index is -0.110. The van der Waals surface area contributed by atoms with E-state index in [0.29, 0.717) is 6.54 Å². The fourth-order valence-corrected chi connectivity index (χ4v) is 2.75. The van der Waals surface area contributed by atoms with Gasteiger partial charge in [0.15, 0.2) is 0 Å². The van der Waals surface area contributed by atoms with Crippen LogP contribution in [0.2, 0.25) is 0 Å². The number of amides is 1. The van der Waals surface area contributed by atoms with Gasteiger partial charge in [-0.05, 0) is 31.0 Å². The van der Waals surface area contributed by atoms with Crippen molar-refractivity contribution in [3.63, 3.8) is 0 Å². The molecule has 1 heterocycles. The van der Waals surface area contributed by atoms with Crippen LogP contribution in [-0.2, 0) is 11.2 Å². The Morgan fingerprint density at radius 2 is 2.20 bits per heavy atom. The van der Waals surface area contributed by atoms with Crippen LogP contribution in [0.25, 0.3) is 0 Å². The third-order valence-electron chi connectivity index (χ3n) is 3.87. The molecule has 0 spiro atoms. The number of carbonyl (C=O) groups excluding carboxylic acids is 1. The number of piperazine rings is 1. The van der Waals surface area contributed by atoms with Gasteiger partial charge >= 0.3 is 0 Å². The molecule has 1 saturated heterocycles. The molecule has 0 radical (unpaired) electrons. The average Bonchev–Trinajstić information content (AvgIpc) is 2.48. The normalized spacial score (nSPS) is 21.4. The molecule has 1 fully saturated rings. The van der Waals surface area contributed by atoms with Gasteiger partial charge in [-0.2, -0.15) is 0 Å². The molecule has 1 aliphatic heterocycles. The molecule has 110 valence electrons. The molecule has 20 heavy (non-hydrogen) atoms. The lowest BCUT2D eigenvalue weighted by Crippen LogP contribution is -2.60. The van der Waals surface area contributed by atoms with Crippen LogP contribution in [0.1, 0.15) is 12.5 Å². The number of phenolic OH excluding ortho intramolecular Hbond substituents is 1. The Hall–Kier alpha value is -1.59. The molecule has 2 rings (SSSR count). The summed E-state index contributed by atoms with van der Waals surface area (Å²) in [5.74, 6) is 0.349. The number of benzene rings is 1. The van der Waals surface area contributed by atoms with Gasteiger partial charge in [0.05, 0.1) is 0 Å². The van der Waals surface area contributed by atoms with E-state index in [1.807, 2.05) is 12.1 Å². The first-order valence-corrected chi connectivity index (χ1v) is 7.07. The Morgan fingerprint density at radius 3 is 2.85 bits per heavy atom. The maximum absolute atomic E-state index is 12.0. The molecule has 1 aromatic rings. The lowest BCUT2D eigenvalue weighted by atomic mass is 10.0. The smallest absolute Gasteiger partial charge is 0.238 e. The third kappa shape index (κ3) is 3.49. The van der Waals surface area contributed by atoms with Crippen molar-refractivity contribution >= 4 is 5.91 Å². The standard InChI is InChI=1S/C15H23N3O2/c1-11(9-12-3-5-13(19)6-4-12)18-8-7-17-10-14(18)15(20)16-2/h3-6,11,14,17,19H,7-10H2,1-2H3,(H,16,20). The minimum absolute atomic E-state index is 0.0646. The van der Waals surface area contributed by atoms with Gasteiger partial charge in [-0.25, -0.2) is 0 Å². The van der Waals surface area contributed by atoms with E-state index < -0.39 is 0 Å². The molecule has 2 unspecified atom stereocenters. The number of phenols is 1. The highest BCUT2D eigenvalue weighted by Gasteiger charge is 2.30. The second-order valence-corrected chi connectivity index (χ2v) is 5.29. The first-order chi connectivity index (χ1) is 9.61. The van der Waals surface area contributed by atoms with Gasteiger partial charge in [0.2, 0.25) is 5.91 Å². The molecular weight excluding hydrogens is 254 g/mol. The SMILES string of the molecule is CNC(=O)C1CNCCN1C(C)Cc1ccc(O)cc1. The van der Waals surface area contributed by atoms with Gasteiger partial charge in [0, 0.05) is 32.7 Å². The average molecular weight is 277 g/mol. The molecule has 1 amide bonds. The first kappa shape index (κ1) is 14.8. The van der Waals surface area contributed by atoms with Crippen LogP contribution < -0.4 is 10.6 Å². The van der Waals surface area contributed by atoms with Crippen molar-refractivity contribution in [3.05, 3.63) is 29.8 Å². The van der Waals surface area contributed by atoms with Gasteiger partial charge in [-0.3, -0.25) is 9.69 Å². The number of hydrogen-bond donors (Lipinski definition) is 3. The van der Waals surface area contributed by atoms with Crippen molar-refractivity contribution in [1.29, 1.82) is 0 Å². The first-order valence-electron chi connectivity index (χ1n) is 7.07. The summed E-state index contributed by atoms with van der Waals surface area (Å²) >= 11 is 0. The minimum Gasteiger partial charge on any atom is -0.508 e. The topological polar surface area (TPSA) is 64.6 Å². The highest BCUT2D eigenvalue weighted by molar-refractivity contribution is 5.81. The van der Waals surface area contributed by atoms with Gasteiger partial charge in [0.1, 0.15) is 11.8 Å². The molecule has 5 nitrogen and oxygen atoms in total. The second-order valence-electron chi connectivity index (χ2n) is 5.29. The third-order valence-corrected chi connectivity index (χ3v) is 3.87. The van der Waals surface area contributed by atoms with Crippen LogP contribution in [0.15, 0.2) is 24.3 Å². The van der Waals surface area contributed by atoms with Gasteiger partial charge in [-0.1, -0.05) is 12.1 Å². The molecule has 0 aliphatic carbocycles. The maximum Gasteiger partial charge on any atom is 0.238 e. The molecular formula is C15H23N3O2. The molecule has 2 atom stereocenters. The van der Waals surface area contributed by atoms with E-state index in [-0.39, 0.29) is 23.7 Å². The number of aromatic hydroxyl groups is 1. The molecule has 0 saturated carbocycles. The van der Waals surface area contributed by atoms with E-state index in [2.05, 4.69) is 22.5 Å². The summed E-state index contributed by atoms with van der Waals surface area (Å²) in [5.41, 5.74) is 1.17. The van der Waals surface area contributed by atoms with Crippen molar-refractivity contribution in [2.75, 3.05) is 26.7 Å². The van der Waals surface area contributed by atoms with E-state index in [9.17, 15) is 9.90 Å². The summed E-state index contributed by atoms with van der Waals surface area (Å²) in [6, 6.07) is 7.45. The second kappa shape index (κ2) is 6.72. The molecule has 3 N–H and O–H groups in total. The zero-order chi connectivity index (χ0) is 14.5. The van der Waals surface area contributed by atoms with Crippen LogP contribution in [0.4, 0.5) is 0 Å². The van der Waals surface area contributed by atoms with Crippen molar-refractivity contribution in [2.45, 2.75) is 25.4 Å². The number of nitrogens with zero attached hydrogens (tertiary/aromatic N) is 1. The van der Waals surface area contributed by atoms with Crippen LogP contribution in [0.3, 0.4) is 0 Å². The van der Waals surface area contributed by atoms with E-state index >= 15 is 0 Å². The number of hydrogen-bond acceptors (Lipinski definition) is 4. The van der Waals surface area contributed by atoms with Crippen molar-refractivity contribution in [2.24, 2.45) is 0 Å². The largest absolute Gasteiger partial charge is 0.508 e. The summed E-state index contributed by atoms with van der Waals surface area (Å²) in [6.07, 6.45) is 0.869. The number of carbonyl (C=O) groups is 1. The summed E-state index contributed by atoms with van der Waals surface area (Å²) in [5, 5.41) is 15.3. The molecule has 0 aromatic heterocycles. The lowest BCUT2D eigenvalue weighted by molar-refractivity contribution is -0.127. The number of nitrogens with one attached hydrogen (secondary N) is 2. The Labute approximate surface area is 120 Å². The summed E-state index contributed by atoms with van der Waals surface area (Å²) < 4.78 is 0. The molecule has 5 heteroatoms. The zero-order valence-corrected chi connectivity index (χ0v) is 12.1. The lowest BCUT2D eigenvalue weighted by Gasteiger charge is -2.39. The molecule has 1 aromatic carbocycles. The molecule has 1 aliphatic rings. The predicted molar refractivity (Wildman–Crippen MR) is 78.7 cm³/mol. The maximum atomic E-state index is 12.0. The predicted octanol–water partition coefficient (Wildman–Crippen LogP) is 0.343. The summed E-state index contributed by atoms with van der Waals surface area (Å²) in [4.78, 5) is 14.2. The van der Waals surface area contributed by atoms with Crippen LogP contribution >= 0.6 is 0 Å². The fraction of sp³-hybridized carbons (Fsp3) is 0.533. The van der Waals surface area contributed by atoms with Gasteiger partial charge < -0.3 is 15.7 Å². The van der Waals surface area contributed by atoms with Gasteiger partial charge in [0.25, 0.3) is 0 Å². The Balaban J connectivity index is 2.03. The number of likely N-dealkylation sites (N-methyl/N-ethyl adjacent to an activating group) is 1. The van der Waals surface area contributed by atoms with Crippen LogP contribution in [0.5, 0.6) is 5.75 Å². The molecule has 0 bridgehead atoms. The highest BCUT2D eigenvalue weighted by Crippen LogP contribution is 2.16. The zero-order valence-electron chi connectivity index (χ0n) is 12.1. The van der Waals surface area contributed by atoms with Crippen molar-refractivity contribution in [1.82, 2.24) is 15.5 Å². The number of rotatable bonds is 4. The van der Waals surface area contributed by atoms with E-state index in [0.717, 1.165) is 19.5 Å². The summed E-state index contributed by atoms with van der Waals surface area (Å²) in [6.45, 7) is 4.62. The van der Waals surface area contributed by atoms with Crippen molar-refractivity contribution in [3.8, 4) is 5.75 Å². The van der Waals surface area contributed by atoms with E-state index in [1.54, 1.807) is 19.2 Å². The monoisotopic (exact) mass is 277 g/mol.